The van der Waals surface area contributed by atoms with Gasteiger partial charge in [0, 0.05) is 23.5 Å². The molecule has 0 radical (unpaired) electrons. The van der Waals surface area contributed by atoms with Crippen molar-refractivity contribution in [3.05, 3.63) is 64.1 Å². The van der Waals surface area contributed by atoms with E-state index in [-0.39, 0.29) is 17.8 Å². The van der Waals surface area contributed by atoms with Crippen LogP contribution in [0.25, 0.3) is 11.0 Å². The van der Waals surface area contributed by atoms with Crippen LogP contribution < -0.4 is 15.5 Å². The summed E-state index contributed by atoms with van der Waals surface area (Å²) in [5.74, 6) is -0.245. The fraction of sp³-hybridized carbons (Fsp3) is 0.417. The fourth-order valence-electron chi connectivity index (χ4n) is 4.58. The van der Waals surface area contributed by atoms with Crippen molar-refractivity contribution < 1.29 is 19.1 Å². The van der Waals surface area contributed by atoms with Crippen LogP contribution in [0.2, 0.25) is 0 Å². The van der Waals surface area contributed by atoms with E-state index >= 15 is 0 Å². The molecule has 1 heterocycles. The molecule has 0 saturated carbocycles. The Balaban J connectivity index is 1.88. The Morgan fingerprint density at radius 3 is 2.76 bits per heavy atom. The topological polar surface area (TPSA) is 79.6 Å². The summed E-state index contributed by atoms with van der Waals surface area (Å²) in [6.45, 7) is 10.7. The first-order valence-corrected chi connectivity index (χ1v) is 9.92. The predicted octanol–water partition coefficient (Wildman–Crippen LogP) is 4.01. The van der Waals surface area contributed by atoms with Crippen molar-refractivity contribution >= 4 is 16.9 Å². The van der Waals surface area contributed by atoms with E-state index in [1.807, 2.05) is 19.1 Å². The van der Waals surface area contributed by atoms with Gasteiger partial charge in [-0.1, -0.05) is 24.6 Å². The molecule has 3 rings (SSSR count). The number of carboxylic acid groups (broad SMARTS) is 1. The van der Waals surface area contributed by atoms with Gasteiger partial charge in [-0.25, -0.2) is 4.79 Å². The van der Waals surface area contributed by atoms with Gasteiger partial charge in [-0.3, -0.25) is 0 Å². The van der Waals surface area contributed by atoms with Crippen LogP contribution in [0.4, 0.5) is 0 Å². The summed E-state index contributed by atoms with van der Waals surface area (Å²) in [6.07, 6.45) is 2.37. The summed E-state index contributed by atoms with van der Waals surface area (Å²) in [5.41, 5.74) is 3.13. The maximum Gasteiger partial charge on any atom is 0.336 e. The van der Waals surface area contributed by atoms with Crippen molar-refractivity contribution in [3.8, 4) is 5.75 Å². The third-order valence-electron chi connectivity index (χ3n) is 6.20. The minimum atomic E-state index is -1.04. The van der Waals surface area contributed by atoms with Gasteiger partial charge in [0.05, 0.1) is 0 Å². The molecule has 0 spiro atoms. The molecule has 1 aliphatic rings. The monoisotopic (exact) mass is 395 g/mol. The normalized spacial score (nSPS) is 22.0. The molecule has 1 aliphatic carbocycles. The quantitative estimate of drug-likeness (QED) is 0.523. The van der Waals surface area contributed by atoms with E-state index < -0.39 is 11.6 Å². The fourth-order valence-corrected chi connectivity index (χ4v) is 4.58. The molecule has 154 valence electrons. The van der Waals surface area contributed by atoms with Crippen LogP contribution in [0.15, 0.2) is 62.8 Å². The second-order valence-electron chi connectivity index (χ2n) is 8.23. The zero-order valence-electron chi connectivity index (χ0n) is 17.2. The van der Waals surface area contributed by atoms with E-state index in [0.717, 1.165) is 29.4 Å². The Morgan fingerprint density at radius 2 is 2.07 bits per heavy atom. The molecule has 0 bridgehead atoms. The van der Waals surface area contributed by atoms with Crippen molar-refractivity contribution in [2.45, 2.75) is 46.5 Å². The largest absolute Gasteiger partial charge is 0.550 e. The van der Waals surface area contributed by atoms with Crippen molar-refractivity contribution in [3.63, 3.8) is 0 Å². The highest BCUT2D eigenvalue weighted by Crippen LogP contribution is 2.50. The molecule has 1 aromatic carbocycles. The van der Waals surface area contributed by atoms with E-state index in [1.54, 1.807) is 12.1 Å². The van der Waals surface area contributed by atoms with Gasteiger partial charge in [0.25, 0.3) is 0 Å². The van der Waals surface area contributed by atoms with Crippen LogP contribution in [-0.2, 0) is 4.79 Å². The van der Waals surface area contributed by atoms with E-state index in [4.69, 9.17) is 9.15 Å². The molecule has 0 aliphatic heterocycles. The van der Waals surface area contributed by atoms with Crippen molar-refractivity contribution in [2.24, 2.45) is 11.3 Å². The van der Waals surface area contributed by atoms with Gasteiger partial charge < -0.3 is 19.1 Å². The average Bonchev–Trinajstić information content (AvgIpc) is 2.65. The maximum absolute atomic E-state index is 11.5. The number of rotatable bonds is 7. The van der Waals surface area contributed by atoms with Gasteiger partial charge in [-0.05, 0) is 74.6 Å². The van der Waals surface area contributed by atoms with Crippen molar-refractivity contribution in [1.29, 1.82) is 0 Å². The smallest absolute Gasteiger partial charge is 0.336 e. The minimum Gasteiger partial charge on any atom is -0.550 e. The summed E-state index contributed by atoms with van der Waals surface area (Å²) < 4.78 is 11.3. The number of carbonyl (C=O) groups excluding carboxylic acids is 1. The van der Waals surface area contributed by atoms with Gasteiger partial charge in [0.15, 0.2) is 0 Å². The lowest BCUT2D eigenvalue weighted by molar-refractivity contribution is -0.306. The Labute approximate surface area is 170 Å². The van der Waals surface area contributed by atoms with Gasteiger partial charge in [-0.2, -0.15) is 0 Å². The van der Waals surface area contributed by atoms with Crippen LogP contribution in [0.5, 0.6) is 5.75 Å². The van der Waals surface area contributed by atoms with Gasteiger partial charge >= 0.3 is 5.63 Å². The van der Waals surface area contributed by atoms with E-state index in [9.17, 15) is 14.7 Å². The Bertz CT molecular complexity index is 1030. The summed E-state index contributed by atoms with van der Waals surface area (Å²) in [7, 11) is 0. The molecule has 2 aromatic rings. The Kier molecular flexibility index (Phi) is 5.96. The summed E-state index contributed by atoms with van der Waals surface area (Å²) in [4.78, 5) is 22.6. The molecule has 5 heteroatoms. The number of hydrogen-bond acceptors (Lipinski definition) is 5. The lowest BCUT2D eigenvalue weighted by atomic mass is 9.60. The van der Waals surface area contributed by atoms with E-state index in [1.165, 1.54) is 11.6 Å². The zero-order chi connectivity index (χ0) is 21.2. The molecule has 29 heavy (non-hydrogen) atoms. The first-order valence-electron chi connectivity index (χ1n) is 9.92. The molecule has 0 N–H and O–H groups in total. The van der Waals surface area contributed by atoms with Crippen molar-refractivity contribution in [2.75, 3.05) is 6.61 Å². The molecule has 2 atom stereocenters. The average molecular weight is 395 g/mol. The molecule has 0 amide bonds. The summed E-state index contributed by atoms with van der Waals surface area (Å²) in [5, 5.41) is 12.0. The van der Waals surface area contributed by atoms with Crippen molar-refractivity contribution in [1.82, 2.24) is 0 Å². The zero-order valence-corrected chi connectivity index (χ0v) is 17.2. The first-order chi connectivity index (χ1) is 13.7. The lowest BCUT2D eigenvalue weighted by Crippen LogP contribution is -2.38. The third-order valence-corrected chi connectivity index (χ3v) is 6.20. The Hall–Kier alpha value is -2.82. The lowest BCUT2D eigenvalue weighted by Gasteiger charge is -2.45. The van der Waals surface area contributed by atoms with Crippen LogP contribution in [0.1, 0.15) is 46.5 Å². The maximum atomic E-state index is 11.5. The first kappa shape index (κ1) is 20.9. The predicted molar refractivity (Wildman–Crippen MR) is 111 cm³/mol. The molecular formula is C24H27O5-. The number of ether oxygens (including phenoxy) is 1. The number of hydrogen-bond donors (Lipinski definition) is 0. The molecular weight excluding hydrogens is 368 g/mol. The molecule has 5 nitrogen and oxygen atoms in total. The minimum absolute atomic E-state index is 0.00179. The number of aliphatic carboxylic acids is 1. The van der Waals surface area contributed by atoms with E-state index in [2.05, 4.69) is 20.4 Å². The van der Waals surface area contributed by atoms with Gasteiger partial charge in [-0.15, -0.1) is 0 Å². The number of carboxylic acids is 1. The summed E-state index contributed by atoms with van der Waals surface area (Å²) in [6, 6.07) is 8.51. The van der Waals surface area contributed by atoms with Crippen LogP contribution in [0.3, 0.4) is 0 Å². The SMILES string of the molecule is C=C(C)[C@@H]1CCC(C)=C(COc2ccc3ccc(=O)oc3c2)[C@@]1(C)CCC(=O)[O-]. The highest BCUT2D eigenvalue weighted by Gasteiger charge is 2.41. The number of carbonyl (C=O) groups is 1. The standard InChI is InChI=1S/C24H28O5/c1-15(2)19-9-5-16(3)20(24(19,4)12-11-22(25)26)14-28-18-8-6-17-7-10-23(27)29-21(17)13-18/h6-8,10,13,19H,1,5,9,11-12,14H2,2-4H3,(H,25,26)/p-1/t19-,24-/m0/s1. The van der Waals surface area contributed by atoms with Crippen LogP contribution in [0, 0.1) is 11.3 Å². The van der Waals surface area contributed by atoms with E-state index in [0.29, 0.717) is 24.4 Å². The molecule has 0 fully saturated rings. The third kappa shape index (κ3) is 4.44. The highest BCUT2D eigenvalue weighted by molar-refractivity contribution is 5.77. The van der Waals surface area contributed by atoms with Gasteiger partial charge in [0.2, 0.25) is 0 Å². The number of allylic oxidation sites excluding steroid dienone is 2. The molecule has 1 aromatic heterocycles. The molecule has 0 unspecified atom stereocenters. The second-order valence-corrected chi connectivity index (χ2v) is 8.23. The summed E-state index contributed by atoms with van der Waals surface area (Å²) >= 11 is 0. The Morgan fingerprint density at radius 1 is 1.34 bits per heavy atom. The number of benzene rings is 1. The van der Waals surface area contributed by atoms with Crippen LogP contribution >= 0.6 is 0 Å². The molecule has 0 saturated heterocycles. The highest BCUT2D eigenvalue weighted by atomic mass is 16.5. The van der Waals surface area contributed by atoms with Gasteiger partial charge in [0.1, 0.15) is 17.9 Å². The second kappa shape index (κ2) is 8.27. The number of fused-ring (bicyclic) bond motifs is 1. The van der Waals surface area contributed by atoms with Crippen LogP contribution in [-0.4, -0.2) is 12.6 Å².